The van der Waals surface area contributed by atoms with Crippen LogP contribution in [-0.2, 0) is 17.1 Å². The third kappa shape index (κ3) is 3.76. The van der Waals surface area contributed by atoms with Crippen molar-refractivity contribution >= 4 is 33.2 Å². The number of hydrogen-bond donors (Lipinski definition) is 1. The maximum absolute atomic E-state index is 14.3. The largest absolute Gasteiger partial charge is 0.336 e. The first-order chi connectivity index (χ1) is 12.3. The molecule has 1 unspecified atom stereocenters. The summed E-state index contributed by atoms with van der Waals surface area (Å²) in [5.74, 6) is -0.198. The Kier molecular flexibility index (Phi) is 5.34. The highest BCUT2D eigenvalue weighted by Gasteiger charge is 2.28. The minimum Gasteiger partial charge on any atom is -0.336 e. The zero-order chi connectivity index (χ0) is 18.9. The van der Waals surface area contributed by atoms with E-state index < -0.39 is 21.9 Å². The third-order valence-electron chi connectivity index (χ3n) is 3.81. The molecule has 5 nitrogen and oxygen atoms in total. The highest BCUT2D eigenvalue weighted by Crippen LogP contribution is 2.28. The van der Waals surface area contributed by atoms with Gasteiger partial charge in [0.15, 0.2) is 0 Å². The van der Waals surface area contributed by atoms with Crippen LogP contribution < -0.4 is 4.72 Å². The molecule has 1 N–H and O–H groups in total. The third-order valence-corrected chi connectivity index (χ3v) is 5.97. The van der Waals surface area contributed by atoms with Crippen LogP contribution in [0.25, 0.3) is 0 Å². The maximum atomic E-state index is 14.3. The van der Waals surface area contributed by atoms with Crippen molar-refractivity contribution in [1.82, 2.24) is 14.3 Å². The summed E-state index contributed by atoms with van der Waals surface area (Å²) in [7, 11) is -2.32. The molecule has 1 atom stereocenters. The highest BCUT2D eigenvalue weighted by atomic mass is 35.5. The summed E-state index contributed by atoms with van der Waals surface area (Å²) in [6.07, 6.45) is 3.16. The van der Waals surface area contributed by atoms with Gasteiger partial charge in [-0.05, 0) is 24.3 Å². The van der Waals surface area contributed by atoms with Gasteiger partial charge in [0.2, 0.25) is 10.0 Å². The molecular formula is C17H14Cl2FN3O2S. The standard InChI is InChI=1S/C17H14Cl2FN3O2S/c1-23-9-8-21-17(23)16(12-4-2-3-5-15(12)20)22-26(24,25)11-6-7-13(18)14(19)10-11/h2-10,16,22H,1H3. The van der Waals surface area contributed by atoms with Crippen molar-refractivity contribution in [3.8, 4) is 0 Å². The Morgan fingerprint density at radius 3 is 2.50 bits per heavy atom. The van der Waals surface area contributed by atoms with Crippen molar-refractivity contribution in [1.29, 1.82) is 0 Å². The lowest BCUT2D eigenvalue weighted by atomic mass is 10.1. The van der Waals surface area contributed by atoms with E-state index >= 15 is 0 Å². The van der Waals surface area contributed by atoms with Crippen LogP contribution in [-0.4, -0.2) is 18.0 Å². The second kappa shape index (κ2) is 7.36. The smallest absolute Gasteiger partial charge is 0.241 e. The molecule has 0 saturated heterocycles. The van der Waals surface area contributed by atoms with E-state index in [1.165, 1.54) is 42.6 Å². The van der Waals surface area contributed by atoms with Gasteiger partial charge in [-0.3, -0.25) is 0 Å². The van der Waals surface area contributed by atoms with Crippen LogP contribution in [0.4, 0.5) is 4.39 Å². The summed E-state index contributed by atoms with van der Waals surface area (Å²) in [6, 6.07) is 8.86. The second-order valence-electron chi connectivity index (χ2n) is 5.55. The Hall–Kier alpha value is -1.93. The molecule has 0 bridgehead atoms. The molecule has 0 amide bonds. The zero-order valence-electron chi connectivity index (χ0n) is 13.5. The van der Waals surface area contributed by atoms with Gasteiger partial charge >= 0.3 is 0 Å². The lowest BCUT2D eigenvalue weighted by Gasteiger charge is -2.20. The summed E-state index contributed by atoms with van der Waals surface area (Å²) < 4.78 is 44.1. The van der Waals surface area contributed by atoms with Crippen LogP contribution in [0, 0.1) is 5.82 Å². The quantitative estimate of drug-likeness (QED) is 0.688. The van der Waals surface area contributed by atoms with Crippen molar-refractivity contribution in [3.05, 3.63) is 82.1 Å². The summed E-state index contributed by atoms with van der Waals surface area (Å²) in [5, 5.41) is 0.342. The molecule has 136 valence electrons. The fourth-order valence-electron chi connectivity index (χ4n) is 2.49. The summed E-state index contributed by atoms with van der Waals surface area (Å²) in [6.45, 7) is 0. The molecule has 0 radical (unpaired) electrons. The van der Waals surface area contributed by atoms with Crippen LogP contribution in [0.1, 0.15) is 17.4 Å². The van der Waals surface area contributed by atoms with Crippen molar-refractivity contribution in [2.75, 3.05) is 0 Å². The number of sulfonamides is 1. The van der Waals surface area contributed by atoms with E-state index in [0.29, 0.717) is 5.82 Å². The topological polar surface area (TPSA) is 64.0 Å². The molecule has 2 aromatic carbocycles. The molecule has 3 aromatic rings. The van der Waals surface area contributed by atoms with E-state index in [1.54, 1.807) is 23.9 Å². The molecule has 0 spiro atoms. The molecule has 1 aromatic heterocycles. The first-order valence-electron chi connectivity index (χ1n) is 7.48. The van der Waals surface area contributed by atoms with Gasteiger partial charge in [0.1, 0.15) is 17.7 Å². The van der Waals surface area contributed by atoms with E-state index in [9.17, 15) is 12.8 Å². The monoisotopic (exact) mass is 413 g/mol. The van der Waals surface area contributed by atoms with Gasteiger partial charge in [-0.1, -0.05) is 41.4 Å². The number of benzene rings is 2. The molecular weight excluding hydrogens is 400 g/mol. The molecule has 1 heterocycles. The first kappa shape index (κ1) is 18.8. The Morgan fingerprint density at radius 2 is 1.88 bits per heavy atom. The molecule has 0 saturated carbocycles. The Labute approximate surface area is 160 Å². The average Bonchev–Trinajstić information content (AvgIpc) is 3.02. The molecule has 26 heavy (non-hydrogen) atoms. The van der Waals surface area contributed by atoms with Crippen molar-refractivity contribution in [2.24, 2.45) is 7.05 Å². The Balaban J connectivity index is 2.07. The Morgan fingerprint density at radius 1 is 1.15 bits per heavy atom. The van der Waals surface area contributed by atoms with Gasteiger partial charge in [-0.25, -0.2) is 17.8 Å². The van der Waals surface area contributed by atoms with Gasteiger partial charge in [0, 0.05) is 25.0 Å². The first-order valence-corrected chi connectivity index (χ1v) is 9.72. The minimum atomic E-state index is -4.02. The SMILES string of the molecule is Cn1ccnc1C(NS(=O)(=O)c1ccc(Cl)c(Cl)c1)c1ccccc1F. The van der Waals surface area contributed by atoms with Crippen LogP contribution >= 0.6 is 23.2 Å². The molecule has 0 aliphatic heterocycles. The van der Waals surface area contributed by atoms with E-state index in [0.717, 1.165) is 0 Å². The predicted octanol–water partition coefficient (Wildman–Crippen LogP) is 3.93. The summed E-state index contributed by atoms with van der Waals surface area (Å²) in [4.78, 5) is 4.08. The lowest BCUT2D eigenvalue weighted by molar-refractivity contribution is 0.545. The van der Waals surface area contributed by atoms with Crippen LogP contribution in [0.15, 0.2) is 59.8 Å². The molecule has 3 rings (SSSR count). The fraction of sp³-hybridized carbons (Fsp3) is 0.118. The fourth-order valence-corrected chi connectivity index (χ4v) is 4.05. The second-order valence-corrected chi connectivity index (χ2v) is 8.08. The van der Waals surface area contributed by atoms with Crippen LogP contribution in [0.5, 0.6) is 0 Å². The van der Waals surface area contributed by atoms with Crippen molar-refractivity contribution in [3.63, 3.8) is 0 Å². The number of imidazole rings is 1. The van der Waals surface area contributed by atoms with E-state index in [-0.39, 0.29) is 20.5 Å². The van der Waals surface area contributed by atoms with Crippen LogP contribution in [0.3, 0.4) is 0 Å². The molecule has 9 heteroatoms. The average molecular weight is 414 g/mol. The zero-order valence-corrected chi connectivity index (χ0v) is 15.9. The Bertz CT molecular complexity index is 1050. The summed E-state index contributed by atoms with van der Waals surface area (Å²) in [5.41, 5.74) is 0.158. The number of hydrogen-bond acceptors (Lipinski definition) is 3. The number of aromatic nitrogens is 2. The number of rotatable bonds is 5. The molecule has 0 aliphatic rings. The van der Waals surface area contributed by atoms with Crippen LogP contribution in [0.2, 0.25) is 10.0 Å². The molecule has 0 fully saturated rings. The number of halogens is 3. The van der Waals surface area contributed by atoms with Gasteiger partial charge in [-0.2, -0.15) is 4.72 Å². The van der Waals surface area contributed by atoms with E-state index in [1.807, 2.05) is 0 Å². The van der Waals surface area contributed by atoms with E-state index in [2.05, 4.69) is 9.71 Å². The van der Waals surface area contributed by atoms with Gasteiger partial charge in [0.25, 0.3) is 0 Å². The molecule has 0 aliphatic carbocycles. The lowest BCUT2D eigenvalue weighted by Crippen LogP contribution is -2.31. The van der Waals surface area contributed by atoms with Gasteiger partial charge in [0.05, 0.1) is 14.9 Å². The summed E-state index contributed by atoms with van der Waals surface area (Å²) >= 11 is 11.8. The van der Waals surface area contributed by atoms with Gasteiger partial charge < -0.3 is 4.57 Å². The minimum absolute atomic E-state index is 0.0811. The number of nitrogens with one attached hydrogen (secondary N) is 1. The number of nitrogens with zero attached hydrogens (tertiary/aromatic N) is 2. The van der Waals surface area contributed by atoms with Crippen molar-refractivity contribution < 1.29 is 12.8 Å². The van der Waals surface area contributed by atoms with Crippen molar-refractivity contribution in [2.45, 2.75) is 10.9 Å². The van der Waals surface area contributed by atoms with E-state index in [4.69, 9.17) is 23.2 Å². The normalized spacial score (nSPS) is 12.9. The predicted molar refractivity (Wildman–Crippen MR) is 98.2 cm³/mol. The number of aryl methyl sites for hydroxylation is 1. The maximum Gasteiger partial charge on any atom is 0.241 e. The highest BCUT2D eigenvalue weighted by molar-refractivity contribution is 7.89. The van der Waals surface area contributed by atoms with Gasteiger partial charge in [-0.15, -0.1) is 0 Å².